The summed E-state index contributed by atoms with van der Waals surface area (Å²) in [6.07, 6.45) is 0.510. The van der Waals surface area contributed by atoms with Gasteiger partial charge in [-0.25, -0.2) is 12.8 Å². The molecule has 2 N–H and O–H groups in total. The van der Waals surface area contributed by atoms with Gasteiger partial charge in [0.25, 0.3) is 0 Å². The molecule has 0 bridgehead atoms. The molecule has 1 aromatic rings. The summed E-state index contributed by atoms with van der Waals surface area (Å²) in [7, 11) is -2.39. The molecule has 9 heteroatoms. The summed E-state index contributed by atoms with van der Waals surface area (Å²) in [5.41, 5.74) is 5.10. The van der Waals surface area contributed by atoms with E-state index in [1.165, 1.54) is 4.90 Å². The maximum absolute atomic E-state index is 13.3. The Hall–Kier alpha value is -1.38. The predicted octanol–water partition coefficient (Wildman–Crippen LogP) is 0.914. The van der Waals surface area contributed by atoms with Crippen LogP contribution in [0.4, 0.5) is 10.1 Å². The van der Waals surface area contributed by atoms with Crippen LogP contribution in [0, 0.1) is 5.82 Å². The van der Waals surface area contributed by atoms with E-state index in [0.717, 1.165) is 16.4 Å². The molecule has 1 aromatic carbocycles. The zero-order chi connectivity index (χ0) is 15.8. The lowest BCUT2D eigenvalue weighted by Gasteiger charge is -2.20. The molecular weight excluding hydrogens is 321 g/mol. The molecule has 2 rings (SSSR count). The van der Waals surface area contributed by atoms with Crippen LogP contribution in [0.2, 0.25) is 5.02 Å². The molecule has 0 aliphatic carbocycles. The van der Waals surface area contributed by atoms with E-state index in [4.69, 9.17) is 17.3 Å². The number of nitrogens with two attached hydrogens (primary N) is 1. The van der Waals surface area contributed by atoms with Gasteiger partial charge >= 0.3 is 0 Å². The number of carbonyl (C=O) groups excluding carboxylic acids is 1. The minimum Gasteiger partial charge on any atom is -0.396 e. The Morgan fingerprint density at radius 2 is 2.00 bits per heavy atom. The summed E-state index contributed by atoms with van der Waals surface area (Å²) < 4.78 is 39.5. The highest BCUT2D eigenvalue weighted by molar-refractivity contribution is 7.89. The van der Waals surface area contributed by atoms with Crippen LogP contribution in [0.3, 0.4) is 0 Å². The third-order valence-corrected chi connectivity index (χ3v) is 5.62. The molecule has 1 amide bonds. The van der Waals surface area contributed by atoms with E-state index in [1.54, 1.807) is 7.05 Å². The van der Waals surface area contributed by atoms with E-state index in [9.17, 15) is 17.6 Å². The Morgan fingerprint density at radius 3 is 2.67 bits per heavy atom. The molecular formula is C12H15ClFN3O3S. The van der Waals surface area contributed by atoms with Crippen molar-refractivity contribution in [2.24, 2.45) is 0 Å². The van der Waals surface area contributed by atoms with E-state index in [0.29, 0.717) is 13.0 Å². The van der Waals surface area contributed by atoms with Crippen molar-refractivity contribution in [1.82, 2.24) is 9.21 Å². The number of nitrogens with zero attached hydrogens (tertiary/aromatic N) is 2. The first-order chi connectivity index (χ1) is 9.73. The highest BCUT2D eigenvalue weighted by Gasteiger charge is 2.31. The molecule has 116 valence electrons. The number of anilines is 1. The van der Waals surface area contributed by atoms with Crippen LogP contribution >= 0.6 is 11.6 Å². The average molecular weight is 336 g/mol. The zero-order valence-corrected chi connectivity index (χ0v) is 12.9. The monoisotopic (exact) mass is 335 g/mol. The van der Waals surface area contributed by atoms with Gasteiger partial charge in [0.05, 0.1) is 17.3 Å². The van der Waals surface area contributed by atoms with Gasteiger partial charge in [0.2, 0.25) is 15.9 Å². The molecule has 0 unspecified atom stereocenters. The highest BCUT2D eigenvalue weighted by atomic mass is 35.5. The fourth-order valence-electron chi connectivity index (χ4n) is 2.05. The van der Waals surface area contributed by atoms with Gasteiger partial charge in [0.1, 0.15) is 10.7 Å². The normalized spacial score (nSPS) is 17.9. The number of hydrogen-bond donors (Lipinski definition) is 1. The second-order valence-electron chi connectivity index (χ2n) is 4.81. The van der Waals surface area contributed by atoms with E-state index < -0.39 is 15.8 Å². The van der Waals surface area contributed by atoms with Crippen molar-refractivity contribution in [2.75, 3.05) is 32.4 Å². The molecule has 0 spiro atoms. The summed E-state index contributed by atoms with van der Waals surface area (Å²) in [5.74, 6) is -1.09. The van der Waals surface area contributed by atoms with Crippen LogP contribution in [0.25, 0.3) is 0 Å². The number of hydrogen-bond acceptors (Lipinski definition) is 4. The van der Waals surface area contributed by atoms with E-state index >= 15 is 0 Å². The number of nitrogen functional groups attached to an aromatic ring is 1. The van der Waals surface area contributed by atoms with E-state index in [2.05, 4.69) is 0 Å². The lowest BCUT2D eigenvalue weighted by atomic mass is 10.3. The second-order valence-corrected chi connectivity index (χ2v) is 7.13. The number of sulfonamides is 1. The van der Waals surface area contributed by atoms with Crippen molar-refractivity contribution in [3.8, 4) is 0 Å². The first-order valence-electron chi connectivity index (χ1n) is 6.22. The standard InChI is InChI=1S/C12H15ClFN3O3S/c1-16-3-2-4-17(7-12(16)18)21(19,20)11-6-10(15)9(14)5-8(11)13/h5-6H,2-4,7,15H2,1H3. The molecule has 1 aliphatic heterocycles. The minimum absolute atomic E-state index is 0.187. The third kappa shape index (κ3) is 3.12. The maximum Gasteiger partial charge on any atom is 0.245 e. The molecule has 21 heavy (non-hydrogen) atoms. The Labute approximate surface area is 127 Å². The zero-order valence-electron chi connectivity index (χ0n) is 11.3. The molecule has 0 saturated carbocycles. The summed E-state index contributed by atoms with van der Waals surface area (Å²) in [6.45, 7) is 0.391. The smallest absolute Gasteiger partial charge is 0.245 e. The fraction of sp³-hybridized carbons (Fsp3) is 0.417. The Morgan fingerprint density at radius 1 is 1.33 bits per heavy atom. The minimum atomic E-state index is -4.00. The third-order valence-electron chi connectivity index (χ3n) is 3.31. The van der Waals surface area contributed by atoms with Crippen LogP contribution in [0.15, 0.2) is 17.0 Å². The number of amides is 1. The average Bonchev–Trinajstić information content (AvgIpc) is 2.57. The molecule has 1 saturated heterocycles. The molecule has 0 aromatic heterocycles. The van der Waals surface area contributed by atoms with Gasteiger partial charge < -0.3 is 10.6 Å². The first-order valence-corrected chi connectivity index (χ1v) is 8.04. The van der Waals surface area contributed by atoms with Crippen LogP contribution in [-0.2, 0) is 14.8 Å². The van der Waals surface area contributed by atoms with Gasteiger partial charge in [-0.1, -0.05) is 11.6 Å². The van der Waals surface area contributed by atoms with Crippen LogP contribution in [-0.4, -0.2) is 50.2 Å². The topological polar surface area (TPSA) is 83.7 Å². The van der Waals surface area contributed by atoms with Gasteiger partial charge in [-0.2, -0.15) is 4.31 Å². The maximum atomic E-state index is 13.3. The highest BCUT2D eigenvalue weighted by Crippen LogP contribution is 2.29. The summed E-state index contributed by atoms with van der Waals surface area (Å²) in [6, 6.07) is 1.83. The summed E-state index contributed by atoms with van der Waals surface area (Å²) >= 11 is 5.81. The largest absolute Gasteiger partial charge is 0.396 e. The summed E-state index contributed by atoms with van der Waals surface area (Å²) in [5, 5.41) is -0.258. The number of rotatable bonds is 2. The van der Waals surface area contributed by atoms with Crippen molar-refractivity contribution in [1.29, 1.82) is 0 Å². The quantitative estimate of drug-likeness (QED) is 0.814. The van der Waals surface area contributed by atoms with Gasteiger partial charge in [0.15, 0.2) is 0 Å². The van der Waals surface area contributed by atoms with Gasteiger partial charge in [0, 0.05) is 20.1 Å². The second kappa shape index (κ2) is 5.78. The van der Waals surface area contributed by atoms with Gasteiger partial charge in [-0.05, 0) is 18.6 Å². The fourth-order valence-corrected chi connectivity index (χ4v) is 4.00. The van der Waals surface area contributed by atoms with Gasteiger partial charge in [-0.3, -0.25) is 4.79 Å². The molecule has 0 radical (unpaired) electrons. The number of likely N-dealkylation sites (N-methyl/N-ethyl adjacent to an activating group) is 1. The van der Waals surface area contributed by atoms with Crippen molar-refractivity contribution in [2.45, 2.75) is 11.3 Å². The molecule has 1 heterocycles. The first kappa shape index (κ1) is 16.0. The number of halogens is 2. The Kier molecular flexibility index (Phi) is 4.40. The molecule has 1 fully saturated rings. The lowest BCUT2D eigenvalue weighted by Crippen LogP contribution is -2.38. The van der Waals surface area contributed by atoms with Crippen molar-refractivity contribution >= 4 is 33.2 Å². The molecule has 1 aliphatic rings. The SMILES string of the molecule is CN1CCCN(S(=O)(=O)c2cc(N)c(F)cc2Cl)CC1=O. The van der Waals surface area contributed by atoms with Gasteiger partial charge in [-0.15, -0.1) is 0 Å². The van der Waals surface area contributed by atoms with E-state index in [1.807, 2.05) is 0 Å². The van der Waals surface area contributed by atoms with Crippen molar-refractivity contribution in [3.63, 3.8) is 0 Å². The van der Waals surface area contributed by atoms with Crippen LogP contribution < -0.4 is 5.73 Å². The lowest BCUT2D eigenvalue weighted by molar-refractivity contribution is -0.129. The van der Waals surface area contributed by atoms with E-state index in [-0.39, 0.29) is 34.6 Å². The number of carbonyl (C=O) groups is 1. The summed E-state index contributed by atoms with van der Waals surface area (Å²) in [4.78, 5) is 13.0. The Bertz CT molecular complexity index is 681. The number of benzene rings is 1. The van der Waals surface area contributed by atoms with Crippen LogP contribution in [0.5, 0.6) is 0 Å². The van der Waals surface area contributed by atoms with Crippen LogP contribution in [0.1, 0.15) is 6.42 Å². The molecule has 0 atom stereocenters. The Balaban J connectivity index is 2.42. The molecule has 6 nitrogen and oxygen atoms in total. The van der Waals surface area contributed by atoms with Crippen molar-refractivity contribution in [3.05, 3.63) is 23.0 Å². The van der Waals surface area contributed by atoms with Crippen molar-refractivity contribution < 1.29 is 17.6 Å². The predicted molar refractivity (Wildman–Crippen MR) is 76.8 cm³/mol.